The Morgan fingerprint density at radius 2 is 1.73 bits per heavy atom. The largest absolute Gasteiger partial charge is 0.300 e. The minimum absolute atomic E-state index is 0.0426. The number of likely N-dealkylation sites (tertiary alicyclic amines) is 1. The van der Waals surface area contributed by atoms with Gasteiger partial charge in [-0.1, -0.05) is 30.3 Å². The van der Waals surface area contributed by atoms with Gasteiger partial charge in [0.1, 0.15) is 0 Å². The van der Waals surface area contributed by atoms with Gasteiger partial charge in [0.25, 0.3) is 0 Å². The second-order valence-electron chi connectivity index (χ2n) is 7.66. The van der Waals surface area contributed by atoms with Crippen molar-refractivity contribution in [2.45, 2.75) is 56.9 Å². The lowest BCUT2D eigenvalue weighted by Gasteiger charge is -2.36. The molecule has 2 heteroatoms. The van der Waals surface area contributed by atoms with E-state index >= 15 is 0 Å². The molecule has 0 bridgehead atoms. The lowest BCUT2D eigenvalue weighted by atomic mass is 9.82. The van der Waals surface area contributed by atoms with Crippen molar-refractivity contribution in [1.82, 2.24) is 4.90 Å². The van der Waals surface area contributed by atoms with E-state index in [1.165, 1.54) is 50.8 Å². The predicted octanol–water partition coefficient (Wildman–Crippen LogP) is 4.34. The van der Waals surface area contributed by atoms with Crippen molar-refractivity contribution in [3.63, 3.8) is 0 Å². The molecule has 1 heterocycles. The molecule has 1 aliphatic heterocycles. The molecule has 2 aliphatic carbocycles. The summed E-state index contributed by atoms with van der Waals surface area (Å²) in [6, 6.07) is 14.4. The Bertz CT molecular complexity index is 549. The minimum atomic E-state index is 0.0426. The van der Waals surface area contributed by atoms with E-state index in [4.69, 9.17) is 0 Å². The lowest BCUT2D eigenvalue weighted by molar-refractivity contribution is 0.145. The van der Waals surface area contributed by atoms with Gasteiger partial charge < -0.3 is 4.90 Å². The number of nitrogens with zero attached hydrogens (tertiary/aromatic N) is 2. The van der Waals surface area contributed by atoms with Crippen LogP contribution in [0.5, 0.6) is 0 Å². The standard InChI is InChI=1S/C20H26N2/c21-15-20(18-6-7-18)11-8-19(14-20)22-12-9-17(10-13-22)16-4-2-1-3-5-16/h1-5,17-19H,6-14H2. The van der Waals surface area contributed by atoms with Crippen molar-refractivity contribution in [3.05, 3.63) is 35.9 Å². The third-order valence-corrected chi connectivity index (χ3v) is 6.42. The molecule has 3 fully saturated rings. The molecule has 4 rings (SSSR count). The second kappa shape index (κ2) is 5.70. The third kappa shape index (κ3) is 2.57. The molecule has 2 unspecified atom stereocenters. The van der Waals surface area contributed by atoms with Crippen molar-refractivity contribution in [2.75, 3.05) is 13.1 Å². The van der Waals surface area contributed by atoms with Gasteiger partial charge in [-0.25, -0.2) is 0 Å². The molecule has 0 amide bonds. The van der Waals surface area contributed by atoms with Crippen LogP contribution in [-0.2, 0) is 0 Å². The number of benzene rings is 1. The molecule has 2 atom stereocenters. The van der Waals surface area contributed by atoms with Crippen LogP contribution in [-0.4, -0.2) is 24.0 Å². The number of nitriles is 1. The summed E-state index contributed by atoms with van der Waals surface area (Å²) >= 11 is 0. The first kappa shape index (κ1) is 14.3. The first-order valence-corrected chi connectivity index (χ1v) is 9.01. The summed E-state index contributed by atoms with van der Waals surface area (Å²) in [6.07, 6.45) is 8.71. The summed E-state index contributed by atoms with van der Waals surface area (Å²) < 4.78 is 0. The van der Waals surface area contributed by atoms with Gasteiger partial charge in [0, 0.05) is 6.04 Å². The summed E-state index contributed by atoms with van der Waals surface area (Å²) in [6.45, 7) is 2.44. The van der Waals surface area contributed by atoms with Gasteiger partial charge in [-0.2, -0.15) is 5.26 Å². The molecule has 1 saturated heterocycles. The van der Waals surface area contributed by atoms with Crippen molar-refractivity contribution >= 4 is 0 Å². The summed E-state index contributed by atoms with van der Waals surface area (Å²) in [5, 5.41) is 9.67. The highest BCUT2D eigenvalue weighted by Crippen LogP contribution is 2.55. The topological polar surface area (TPSA) is 27.0 Å². The van der Waals surface area contributed by atoms with E-state index < -0.39 is 0 Å². The maximum absolute atomic E-state index is 9.67. The van der Waals surface area contributed by atoms with Crippen LogP contribution in [0, 0.1) is 22.7 Å². The van der Waals surface area contributed by atoms with Crippen molar-refractivity contribution in [3.8, 4) is 6.07 Å². The van der Waals surface area contributed by atoms with Crippen LogP contribution in [0.25, 0.3) is 0 Å². The number of hydrogen-bond donors (Lipinski definition) is 0. The van der Waals surface area contributed by atoms with Gasteiger partial charge in [-0.3, -0.25) is 0 Å². The Kier molecular flexibility index (Phi) is 3.70. The Morgan fingerprint density at radius 1 is 1.00 bits per heavy atom. The number of piperidine rings is 1. The molecule has 1 aromatic carbocycles. The quantitative estimate of drug-likeness (QED) is 0.829. The number of hydrogen-bond acceptors (Lipinski definition) is 2. The molecule has 2 saturated carbocycles. The lowest BCUT2D eigenvalue weighted by Crippen LogP contribution is -2.40. The maximum Gasteiger partial charge on any atom is 0.0693 e. The molecular formula is C20H26N2. The van der Waals surface area contributed by atoms with Gasteiger partial charge in [0.15, 0.2) is 0 Å². The van der Waals surface area contributed by atoms with E-state index in [-0.39, 0.29) is 5.41 Å². The average Bonchev–Trinajstić information content (AvgIpc) is 3.36. The summed E-state index contributed by atoms with van der Waals surface area (Å²) in [5.41, 5.74) is 1.55. The normalized spacial score (nSPS) is 33.7. The van der Waals surface area contributed by atoms with Crippen LogP contribution < -0.4 is 0 Å². The highest BCUT2D eigenvalue weighted by molar-refractivity contribution is 5.20. The molecule has 0 spiro atoms. The first-order chi connectivity index (χ1) is 10.8. The van der Waals surface area contributed by atoms with E-state index in [0.29, 0.717) is 6.04 Å². The Labute approximate surface area is 134 Å². The molecule has 0 N–H and O–H groups in total. The Hall–Kier alpha value is -1.33. The van der Waals surface area contributed by atoms with E-state index in [2.05, 4.69) is 41.3 Å². The van der Waals surface area contributed by atoms with Crippen LogP contribution in [0.15, 0.2) is 30.3 Å². The maximum atomic E-state index is 9.67. The third-order valence-electron chi connectivity index (χ3n) is 6.42. The second-order valence-corrected chi connectivity index (χ2v) is 7.66. The highest BCUT2D eigenvalue weighted by Gasteiger charge is 2.51. The molecule has 0 radical (unpaired) electrons. The zero-order chi connectivity index (χ0) is 15.0. The zero-order valence-electron chi connectivity index (χ0n) is 13.4. The number of rotatable bonds is 3. The van der Waals surface area contributed by atoms with Crippen LogP contribution in [0.2, 0.25) is 0 Å². The molecule has 0 aromatic heterocycles. The van der Waals surface area contributed by atoms with Crippen LogP contribution in [0.1, 0.15) is 56.4 Å². The van der Waals surface area contributed by atoms with Crippen molar-refractivity contribution < 1.29 is 0 Å². The molecule has 116 valence electrons. The fraction of sp³-hybridized carbons (Fsp3) is 0.650. The minimum Gasteiger partial charge on any atom is -0.300 e. The van der Waals surface area contributed by atoms with E-state index in [9.17, 15) is 5.26 Å². The first-order valence-electron chi connectivity index (χ1n) is 9.01. The van der Waals surface area contributed by atoms with Gasteiger partial charge >= 0.3 is 0 Å². The predicted molar refractivity (Wildman–Crippen MR) is 88.4 cm³/mol. The molecule has 1 aromatic rings. The van der Waals surface area contributed by atoms with Crippen molar-refractivity contribution in [2.24, 2.45) is 11.3 Å². The average molecular weight is 294 g/mol. The smallest absolute Gasteiger partial charge is 0.0693 e. The van der Waals surface area contributed by atoms with Crippen molar-refractivity contribution in [1.29, 1.82) is 5.26 Å². The molecule has 22 heavy (non-hydrogen) atoms. The monoisotopic (exact) mass is 294 g/mol. The molecule has 3 aliphatic rings. The van der Waals surface area contributed by atoms with Crippen LogP contribution in [0.4, 0.5) is 0 Å². The fourth-order valence-electron chi connectivity index (χ4n) is 4.88. The fourth-order valence-corrected chi connectivity index (χ4v) is 4.88. The zero-order valence-corrected chi connectivity index (χ0v) is 13.4. The highest BCUT2D eigenvalue weighted by atomic mass is 15.2. The van der Waals surface area contributed by atoms with Gasteiger partial charge in [-0.15, -0.1) is 0 Å². The van der Waals surface area contributed by atoms with E-state index in [1.807, 2.05) is 0 Å². The summed E-state index contributed by atoms with van der Waals surface area (Å²) in [5.74, 6) is 1.47. The Morgan fingerprint density at radius 3 is 2.36 bits per heavy atom. The SMILES string of the molecule is N#CC1(C2CC2)CCC(N2CCC(c3ccccc3)CC2)C1. The van der Waals surface area contributed by atoms with Crippen LogP contribution in [0.3, 0.4) is 0 Å². The van der Waals surface area contributed by atoms with Gasteiger partial charge in [0.2, 0.25) is 0 Å². The van der Waals surface area contributed by atoms with Gasteiger partial charge in [-0.05, 0) is 75.4 Å². The molecular weight excluding hydrogens is 268 g/mol. The van der Waals surface area contributed by atoms with E-state index in [0.717, 1.165) is 24.7 Å². The van der Waals surface area contributed by atoms with E-state index in [1.54, 1.807) is 0 Å². The van der Waals surface area contributed by atoms with Crippen LogP contribution >= 0.6 is 0 Å². The Balaban J connectivity index is 1.36. The molecule has 2 nitrogen and oxygen atoms in total. The van der Waals surface area contributed by atoms with Gasteiger partial charge in [0.05, 0.1) is 11.5 Å². The summed E-state index contributed by atoms with van der Waals surface area (Å²) in [4.78, 5) is 2.70. The summed E-state index contributed by atoms with van der Waals surface area (Å²) in [7, 11) is 0.